The molecule has 10 nitrogen and oxygen atoms in total. The third-order valence-corrected chi connectivity index (χ3v) is 7.59. The van der Waals surface area contributed by atoms with Crippen LogP contribution in [0.2, 0.25) is 0 Å². The summed E-state index contributed by atoms with van der Waals surface area (Å²) in [7, 11) is 0. The van der Waals surface area contributed by atoms with Gasteiger partial charge in [0.2, 0.25) is 11.8 Å². The highest BCUT2D eigenvalue weighted by Crippen LogP contribution is 2.31. The van der Waals surface area contributed by atoms with Crippen LogP contribution in [0.25, 0.3) is 0 Å². The first-order valence-electron chi connectivity index (χ1n) is 11.7. The molecule has 5 aliphatic heterocycles. The number of carbonyl (C=O) groups excluding carboxylic acids is 4. The van der Waals surface area contributed by atoms with Crippen LogP contribution in [0.4, 0.5) is 4.79 Å². The van der Waals surface area contributed by atoms with Gasteiger partial charge in [-0.3, -0.25) is 29.5 Å². The molecule has 0 radical (unpaired) electrons. The number of piperidine rings is 1. The van der Waals surface area contributed by atoms with Crippen LogP contribution in [-0.4, -0.2) is 88.9 Å². The highest BCUT2D eigenvalue weighted by atomic mass is 16.6. The van der Waals surface area contributed by atoms with E-state index < -0.39 is 11.9 Å². The fourth-order valence-corrected chi connectivity index (χ4v) is 5.93. The molecule has 4 amide bonds. The number of hydrogen-bond donors (Lipinski definition) is 2. The number of nitrogens with one attached hydrogen (secondary N) is 2. The van der Waals surface area contributed by atoms with Crippen LogP contribution in [-0.2, 0) is 27.4 Å². The van der Waals surface area contributed by atoms with Gasteiger partial charge in [-0.25, -0.2) is 4.79 Å². The molecule has 10 heteroatoms. The molecular formula is C23H27N5O5. The average Bonchev–Trinajstić information content (AvgIpc) is 3.54. The van der Waals surface area contributed by atoms with Gasteiger partial charge in [-0.2, -0.15) is 0 Å². The molecule has 2 N–H and O–H groups in total. The molecule has 4 saturated heterocycles. The van der Waals surface area contributed by atoms with Crippen LogP contribution in [0.1, 0.15) is 40.7 Å². The Morgan fingerprint density at radius 2 is 1.97 bits per heavy atom. The first-order valence-corrected chi connectivity index (χ1v) is 11.7. The second-order valence-corrected chi connectivity index (χ2v) is 9.62. The van der Waals surface area contributed by atoms with E-state index >= 15 is 0 Å². The Morgan fingerprint density at radius 1 is 1.09 bits per heavy atom. The van der Waals surface area contributed by atoms with Gasteiger partial charge in [0.1, 0.15) is 12.1 Å². The quantitative estimate of drug-likeness (QED) is 0.608. The summed E-state index contributed by atoms with van der Waals surface area (Å²) < 4.78 is 5.52. The zero-order chi connectivity index (χ0) is 22.7. The summed E-state index contributed by atoms with van der Waals surface area (Å²) in [5.74, 6) is -0.829. The van der Waals surface area contributed by atoms with E-state index in [0.717, 1.165) is 43.7 Å². The molecular weight excluding hydrogens is 426 g/mol. The summed E-state index contributed by atoms with van der Waals surface area (Å²) in [6.07, 6.45) is 1.28. The molecule has 4 atom stereocenters. The van der Waals surface area contributed by atoms with Crippen LogP contribution >= 0.6 is 0 Å². The molecule has 0 spiro atoms. The Balaban J connectivity index is 1.11. The number of rotatable bonds is 4. The Morgan fingerprint density at radius 3 is 2.82 bits per heavy atom. The van der Waals surface area contributed by atoms with Crippen molar-refractivity contribution in [3.63, 3.8) is 0 Å². The molecule has 174 valence electrons. The molecule has 4 fully saturated rings. The minimum atomic E-state index is -0.598. The van der Waals surface area contributed by atoms with E-state index in [-0.39, 0.29) is 42.5 Å². The van der Waals surface area contributed by atoms with Gasteiger partial charge in [-0.15, -0.1) is 0 Å². The first-order chi connectivity index (χ1) is 16.0. The van der Waals surface area contributed by atoms with E-state index in [0.29, 0.717) is 25.1 Å². The molecule has 6 rings (SSSR count). The minimum absolute atomic E-state index is 0.0402. The summed E-state index contributed by atoms with van der Waals surface area (Å²) in [4.78, 5) is 54.9. The largest absolute Gasteiger partial charge is 0.442 e. The second kappa shape index (κ2) is 7.81. The monoisotopic (exact) mass is 453 g/mol. The summed E-state index contributed by atoms with van der Waals surface area (Å²) in [6, 6.07) is 5.60. The molecule has 5 heterocycles. The van der Waals surface area contributed by atoms with Gasteiger partial charge in [0, 0.05) is 57.3 Å². The average molecular weight is 453 g/mol. The molecule has 33 heavy (non-hydrogen) atoms. The maximum Gasteiger partial charge on any atom is 0.410 e. The molecule has 0 aliphatic carbocycles. The van der Waals surface area contributed by atoms with E-state index in [1.807, 2.05) is 23.1 Å². The third kappa shape index (κ3) is 3.48. The second-order valence-electron chi connectivity index (χ2n) is 9.62. The van der Waals surface area contributed by atoms with Crippen molar-refractivity contribution in [2.45, 2.75) is 56.6 Å². The predicted molar refractivity (Wildman–Crippen MR) is 115 cm³/mol. The number of likely N-dealkylation sites (tertiary alicyclic amines) is 1. The summed E-state index contributed by atoms with van der Waals surface area (Å²) in [6.45, 7) is 4.26. The van der Waals surface area contributed by atoms with Crippen LogP contribution in [0.15, 0.2) is 18.2 Å². The van der Waals surface area contributed by atoms with Crippen LogP contribution < -0.4 is 10.6 Å². The van der Waals surface area contributed by atoms with Crippen molar-refractivity contribution in [1.29, 1.82) is 0 Å². The molecule has 0 saturated carbocycles. The fraction of sp³-hybridized carbons (Fsp3) is 0.565. The Hall–Kier alpha value is -2.98. The highest BCUT2D eigenvalue weighted by Gasteiger charge is 2.48. The number of nitrogens with zero attached hydrogens (tertiary/aromatic N) is 3. The first kappa shape index (κ1) is 20.6. The SMILES string of the molecule is O=C1CCC(N2Cc3ccc(CN4CCC(N5C(=O)O[C@@H]6CNC[C@@H]65)C4)cc3C2=O)C(=O)N1. The van der Waals surface area contributed by atoms with Crippen molar-refractivity contribution in [3.8, 4) is 0 Å². The molecule has 1 aromatic rings. The van der Waals surface area contributed by atoms with E-state index in [2.05, 4.69) is 15.5 Å². The van der Waals surface area contributed by atoms with Gasteiger partial charge >= 0.3 is 6.09 Å². The van der Waals surface area contributed by atoms with Crippen LogP contribution in [0.5, 0.6) is 0 Å². The van der Waals surface area contributed by atoms with Crippen molar-refractivity contribution in [2.75, 3.05) is 26.2 Å². The van der Waals surface area contributed by atoms with E-state index in [9.17, 15) is 19.2 Å². The summed E-state index contributed by atoms with van der Waals surface area (Å²) >= 11 is 0. The van der Waals surface area contributed by atoms with Gasteiger partial charge in [0.25, 0.3) is 5.91 Å². The Bertz CT molecular complexity index is 1040. The molecule has 5 aliphatic rings. The van der Waals surface area contributed by atoms with Crippen molar-refractivity contribution in [1.82, 2.24) is 25.3 Å². The number of amides is 4. The number of hydrogen-bond acceptors (Lipinski definition) is 7. The van der Waals surface area contributed by atoms with E-state index in [4.69, 9.17) is 4.74 Å². The molecule has 2 unspecified atom stereocenters. The van der Waals surface area contributed by atoms with Gasteiger partial charge in [0.15, 0.2) is 0 Å². The number of imide groups is 1. The topological polar surface area (TPSA) is 111 Å². The predicted octanol–water partition coefficient (Wildman–Crippen LogP) is -0.185. The van der Waals surface area contributed by atoms with Crippen molar-refractivity contribution in [3.05, 3.63) is 34.9 Å². The zero-order valence-electron chi connectivity index (χ0n) is 18.3. The van der Waals surface area contributed by atoms with Crippen molar-refractivity contribution < 1.29 is 23.9 Å². The smallest absolute Gasteiger partial charge is 0.410 e. The molecule has 0 aromatic heterocycles. The maximum atomic E-state index is 13.1. The number of fused-ring (bicyclic) bond motifs is 2. The number of benzene rings is 1. The number of carbonyl (C=O) groups is 4. The molecule has 0 bridgehead atoms. The van der Waals surface area contributed by atoms with Gasteiger partial charge in [-0.1, -0.05) is 12.1 Å². The highest BCUT2D eigenvalue weighted by molar-refractivity contribution is 6.05. The normalized spacial score (nSPS) is 31.8. The number of ether oxygens (including phenoxy) is 1. The standard InChI is InChI=1S/C23H27N5O5/c29-20-4-3-17(21(30)25-20)27-11-14-2-1-13(7-16(14)22(27)31)10-26-6-5-15(12-26)28-18-8-24-9-19(18)33-23(28)32/h1-2,7,15,17-19,24H,3-6,8-12H2,(H,25,29,30)/t15?,17?,18-,19+/m0/s1. The van der Waals surface area contributed by atoms with Crippen molar-refractivity contribution >= 4 is 23.8 Å². The van der Waals surface area contributed by atoms with Gasteiger partial charge in [0.05, 0.1) is 6.04 Å². The Kier molecular flexibility index (Phi) is 4.88. The maximum absolute atomic E-state index is 13.1. The zero-order valence-corrected chi connectivity index (χ0v) is 18.3. The van der Waals surface area contributed by atoms with Crippen LogP contribution in [0.3, 0.4) is 0 Å². The lowest BCUT2D eigenvalue weighted by Crippen LogP contribution is -2.52. The summed E-state index contributed by atoms with van der Waals surface area (Å²) in [5, 5.41) is 5.64. The lowest BCUT2D eigenvalue weighted by atomic mass is 10.0. The molecule has 1 aromatic carbocycles. The lowest BCUT2D eigenvalue weighted by molar-refractivity contribution is -0.136. The van der Waals surface area contributed by atoms with E-state index in [1.165, 1.54) is 0 Å². The summed E-state index contributed by atoms with van der Waals surface area (Å²) in [5.41, 5.74) is 2.58. The van der Waals surface area contributed by atoms with Gasteiger partial charge in [-0.05, 0) is 30.0 Å². The van der Waals surface area contributed by atoms with Gasteiger partial charge < -0.3 is 15.0 Å². The lowest BCUT2D eigenvalue weighted by Gasteiger charge is -2.29. The van der Waals surface area contributed by atoms with E-state index in [1.54, 1.807) is 4.90 Å². The minimum Gasteiger partial charge on any atom is -0.442 e. The van der Waals surface area contributed by atoms with Crippen LogP contribution in [0, 0.1) is 0 Å². The van der Waals surface area contributed by atoms with Crippen molar-refractivity contribution in [2.24, 2.45) is 0 Å². The third-order valence-electron chi connectivity index (χ3n) is 7.59. The Labute approximate surface area is 191 Å². The fourth-order valence-electron chi connectivity index (χ4n) is 5.93.